The Balaban J connectivity index is 1.51. The maximum Gasteiger partial charge on any atom is 0.174 e. The fraction of sp³-hybridized carbons (Fsp3) is 0.700. The van der Waals surface area contributed by atoms with Gasteiger partial charge in [0.1, 0.15) is 5.75 Å². The molecule has 1 saturated heterocycles. The second kappa shape index (κ2) is 4.73. The Labute approximate surface area is 138 Å². The van der Waals surface area contributed by atoms with Crippen molar-refractivity contribution in [2.24, 2.45) is 17.3 Å². The molecule has 1 aliphatic heterocycles. The number of benzene rings is 1. The summed E-state index contributed by atoms with van der Waals surface area (Å²) in [5, 5.41) is 9.78. The Morgan fingerprint density at radius 1 is 1.09 bits per heavy atom. The van der Waals surface area contributed by atoms with E-state index >= 15 is 0 Å². The summed E-state index contributed by atoms with van der Waals surface area (Å²) in [7, 11) is 0. The maximum atomic E-state index is 9.78. The van der Waals surface area contributed by atoms with Gasteiger partial charge in [-0.3, -0.25) is 0 Å². The van der Waals surface area contributed by atoms with E-state index in [2.05, 4.69) is 13.0 Å². The minimum Gasteiger partial charge on any atom is -0.508 e. The molecule has 124 valence electrons. The van der Waals surface area contributed by atoms with E-state index in [1.54, 1.807) is 0 Å². The Bertz CT molecular complexity index is 634. The van der Waals surface area contributed by atoms with Crippen molar-refractivity contribution in [3.63, 3.8) is 0 Å². The highest BCUT2D eigenvalue weighted by molar-refractivity contribution is 5.40. The number of phenolic OH excluding ortho intramolecular Hbond substituents is 1. The molecule has 1 spiro atoms. The van der Waals surface area contributed by atoms with Crippen molar-refractivity contribution in [3.05, 3.63) is 29.3 Å². The molecular formula is C20H26O3. The van der Waals surface area contributed by atoms with Crippen LogP contribution in [-0.4, -0.2) is 24.1 Å². The average Bonchev–Trinajstić information content (AvgIpc) is 3.14. The quantitative estimate of drug-likeness (QED) is 0.787. The summed E-state index contributed by atoms with van der Waals surface area (Å²) in [5.74, 6) is 2.24. The number of ether oxygens (including phenoxy) is 2. The first-order valence-electron chi connectivity index (χ1n) is 9.23. The lowest BCUT2D eigenvalue weighted by atomic mass is 9.55. The van der Waals surface area contributed by atoms with E-state index in [1.807, 2.05) is 12.1 Å². The number of hydrogen-bond acceptors (Lipinski definition) is 3. The third-order valence-corrected chi connectivity index (χ3v) is 7.51. The molecule has 5 rings (SSSR count). The molecule has 4 atom stereocenters. The summed E-state index contributed by atoms with van der Waals surface area (Å²) < 4.78 is 12.4. The summed E-state index contributed by atoms with van der Waals surface area (Å²) in [4.78, 5) is 0. The van der Waals surface area contributed by atoms with Crippen molar-refractivity contribution in [1.29, 1.82) is 0 Å². The average molecular weight is 314 g/mol. The fourth-order valence-electron chi connectivity index (χ4n) is 6.45. The lowest BCUT2D eigenvalue weighted by molar-refractivity contribution is -0.237. The van der Waals surface area contributed by atoms with E-state index in [0.29, 0.717) is 17.6 Å². The molecule has 0 amide bonds. The monoisotopic (exact) mass is 314 g/mol. The van der Waals surface area contributed by atoms with Crippen LogP contribution >= 0.6 is 0 Å². The van der Waals surface area contributed by atoms with Crippen molar-refractivity contribution in [3.8, 4) is 5.75 Å². The molecule has 1 heterocycles. The Kier molecular flexibility index (Phi) is 2.94. The molecule has 3 fully saturated rings. The van der Waals surface area contributed by atoms with Crippen LogP contribution in [0.15, 0.2) is 18.2 Å². The number of aromatic hydroxyl groups is 1. The predicted molar refractivity (Wildman–Crippen MR) is 87.4 cm³/mol. The minimum atomic E-state index is -0.294. The minimum absolute atomic E-state index is 0.180. The highest BCUT2D eigenvalue weighted by Crippen LogP contribution is 2.66. The third-order valence-electron chi connectivity index (χ3n) is 7.51. The van der Waals surface area contributed by atoms with E-state index in [4.69, 9.17) is 9.47 Å². The van der Waals surface area contributed by atoms with Gasteiger partial charge in [0.2, 0.25) is 0 Å². The molecule has 1 aromatic rings. The second-order valence-corrected chi connectivity index (χ2v) is 8.24. The van der Waals surface area contributed by atoms with Crippen LogP contribution in [0.5, 0.6) is 5.75 Å². The van der Waals surface area contributed by atoms with Crippen molar-refractivity contribution in [1.82, 2.24) is 0 Å². The highest BCUT2D eigenvalue weighted by atomic mass is 16.7. The predicted octanol–water partition coefficient (Wildman–Crippen LogP) is 3.99. The molecule has 3 nitrogen and oxygen atoms in total. The van der Waals surface area contributed by atoms with Gasteiger partial charge in [-0.2, -0.15) is 0 Å². The van der Waals surface area contributed by atoms with Crippen molar-refractivity contribution in [2.75, 3.05) is 13.2 Å². The van der Waals surface area contributed by atoms with Gasteiger partial charge in [-0.05, 0) is 73.1 Å². The summed E-state index contributed by atoms with van der Waals surface area (Å²) >= 11 is 0. The Morgan fingerprint density at radius 3 is 2.74 bits per heavy atom. The third kappa shape index (κ3) is 1.78. The molecular weight excluding hydrogens is 288 g/mol. The maximum absolute atomic E-state index is 9.78. The van der Waals surface area contributed by atoms with Crippen LogP contribution in [0.1, 0.15) is 56.1 Å². The van der Waals surface area contributed by atoms with Gasteiger partial charge in [0.25, 0.3) is 0 Å². The van der Waals surface area contributed by atoms with Crippen LogP contribution in [0.3, 0.4) is 0 Å². The molecule has 0 bridgehead atoms. The van der Waals surface area contributed by atoms with Gasteiger partial charge >= 0.3 is 0 Å². The van der Waals surface area contributed by atoms with Crippen molar-refractivity contribution < 1.29 is 14.6 Å². The van der Waals surface area contributed by atoms with E-state index in [0.717, 1.165) is 32.0 Å². The van der Waals surface area contributed by atoms with Crippen LogP contribution in [0.4, 0.5) is 0 Å². The molecule has 23 heavy (non-hydrogen) atoms. The van der Waals surface area contributed by atoms with E-state index in [9.17, 15) is 5.11 Å². The van der Waals surface area contributed by atoms with Gasteiger partial charge in [-0.25, -0.2) is 0 Å². The van der Waals surface area contributed by atoms with Crippen LogP contribution in [0.2, 0.25) is 0 Å². The van der Waals surface area contributed by atoms with Gasteiger partial charge in [0.05, 0.1) is 13.2 Å². The number of hydrogen-bond donors (Lipinski definition) is 1. The second-order valence-electron chi connectivity index (χ2n) is 8.24. The molecule has 0 radical (unpaired) electrons. The fourth-order valence-corrected chi connectivity index (χ4v) is 6.45. The van der Waals surface area contributed by atoms with Crippen LogP contribution in [0, 0.1) is 17.3 Å². The summed E-state index contributed by atoms with van der Waals surface area (Å²) in [6, 6.07) is 6.03. The lowest BCUT2D eigenvalue weighted by Gasteiger charge is -2.52. The van der Waals surface area contributed by atoms with Crippen LogP contribution < -0.4 is 0 Å². The zero-order valence-electron chi connectivity index (χ0n) is 13.9. The zero-order chi connectivity index (χ0) is 15.7. The van der Waals surface area contributed by atoms with Gasteiger partial charge in [-0.1, -0.05) is 13.0 Å². The molecule has 1 aromatic carbocycles. The summed E-state index contributed by atoms with van der Waals surface area (Å²) in [5.41, 5.74) is 3.05. The standard InChI is InChI=1S/C20H26O3/c1-19-8-6-16-15-5-3-14(21)12-13(15)2-4-17(16)18(19)7-9-20(19)22-10-11-23-20/h3,5,12,16-18,21H,2,4,6-11H2,1H3. The molecule has 3 heteroatoms. The van der Waals surface area contributed by atoms with Crippen molar-refractivity contribution in [2.45, 2.75) is 57.2 Å². The van der Waals surface area contributed by atoms with Gasteiger partial charge in [0.15, 0.2) is 5.79 Å². The zero-order valence-corrected chi connectivity index (χ0v) is 13.9. The molecule has 4 unspecified atom stereocenters. The Morgan fingerprint density at radius 2 is 1.91 bits per heavy atom. The number of fused-ring (bicyclic) bond motifs is 6. The number of rotatable bonds is 0. The van der Waals surface area contributed by atoms with Gasteiger partial charge in [0, 0.05) is 11.8 Å². The first kappa shape index (κ1) is 14.3. The van der Waals surface area contributed by atoms with E-state index < -0.39 is 0 Å². The summed E-state index contributed by atoms with van der Waals surface area (Å²) in [6.45, 7) is 3.95. The molecule has 0 aromatic heterocycles. The summed E-state index contributed by atoms with van der Waals surface area (Å²) in [6.07, 6.45) is 7.08. The molecule has 4 aliphatic rings. The number of aryl methyl sites for hydroxylation is 1. The molecule has 1 N–H and O–H groups in total. The smallest absolute Gasteiger partial charge is 0.174 e. The number of phenols is 1. The van der Waals surface area contributed by atoms with E-state index in [-0.39, 0.29) is 11.2 Å². The van der Waals surface area contributed by atoms with Crippen LogP contribution in [-0.2, 0) is 15.9 Å². The molecule has 2 saturated carbocycles. The molecule has 3 aliphatic carbocycles. The first-order valence-corrected chi connectivity index (χ1v) is 9.23. The van der Waals surface area contributed by atoms with E-state index in [1.165, 1.54) is 36.8 Å². The SMILES string of the molecule is CC12CCC3c4ccc(O)cc4CCC3C1CCC21OCCO1. The Hall–Kier alpha value is -1.06. The first-order chi connectivity index (χ1) is 11.1. The normalized spacial score (nSPS) is 40.7. The van der Waals surface area contributed by atoms with Crippen molar-refractivity contribution >= 4 is 0 Å². The topological polar surface area (TPSA) is 38.7 Å². The largest absolute Gasteiger partial charge is 0.508 e. The van der Waals surface area contributed by atoms with Crippen LogP contribution in [0.25, 0.3) is 0 Å². The van der Waals surface area contributed by atoms with Gasteiger partial charge < -0.3 is 14.6 Å². The van der Waals surface area contributed by atoms with Gasteiger partial charge in [-0.15, -0.1) is 0 Å². The highest BCUT2D eigenvalue weighted by Gasteiger charge is 2.64. The lowest BCUT2D eigenvalue weighted by Crippen LogP contribution is -2.51.